The van der Waals surface area contributed by atoms with Crippen molar-refractivity contribution >= 4 is 23.5 Å². The smallest absolute Gasteiger partial charge is 0.335 e. The second-order valence-electron chi connectivity index (χ2n) is 17.3. The molecule has 6 aliphatic heterocycles. The van der Waals surface area contributed by atoms with E-state index < -0.39 is 235 Å². The number of aliphatic carboxylic acids is 2. The maximum atomic E-state index is 12.9. The van der Waals surface area contributed by atoms with Gasteiger partial charge in [-0.1, -0.05) is 0 Å². The molecule has 0 saturated carbocycles. The first-order valence-corrected chi connectivity index (χ1v) is 21.8. The number of hydrogen-bond acceptors (Lipinski definition) is 31. The van der Waals surface area contributed by atoms with Crippen LogP contribution in [0.5, 0.6) is 0 Å². The molecular weight excluding hydrogens is 984 g/mol. The molecule has 6 aliphatic rings. The number of carbonyl (C=O) groups is 4. The molecule has 0 radical (unpaired) electrons. The lowest BCUT2D eigenvalue weighted by Crippen LogP contribution is -2.67. The summed E-state index contributed by atoms with van der Waals surface area (Å²) in [6, 6.07) is 0. The average Bonchev–Trinajstić information content (AvgIpc) is 3.32. The largest absolute Gasteiger partial charge is 0.479 e. The number of carboxylic acids is 2. The summed E-state index contributed by atoms with van der Waals surface area (Å²) in [5.74, 6) is -5.98. The van der Waals surface area contributed by atoms with Crippen molar-refractivity contribution in [3.8, 4) is 0 Å². The molecule has 0 bridgehead atoms. The number of aliphatic hydroxyl groups excluding tert-OH is 16. The Bertz CT molecular complexity index is 1790. The Labute approximate surface area is 397 Å². The van der Waals surface area contributed by atoms with Gasteiger partial charge < -0.3 is 144 Å². The Morgan fingerprint density at radius 2 is 0.986 bits per heavy atom. The van der Waals surface area contributed by atoms with Gasteiger partial charge in [-0.2, -0.15) is 0 Å². The molecule has 33 nitrogen and oxygen atoms in total. The molecule has 0 aromatic carbocycles. The number of aliphatic hydroxyl groups is 16. The fraction of sp³-hybridized carbons (Fsp3) is 0.895. The molecule has 6 fully saturated rings. The van der Waals surface area contributed by atoms with Crippen molar-refractivity contribution in [3.05, 3.63) is 0 Å². The van der Waals surface area contributed by atoms with E-state index in [4.69, 9.17) is 52.1 Å². The number of hydrogen-bond donors (Lipinski definition) is 18. The molecule has 408 valence electrons. The van der Waals surface area contributed by atoms with Crippen LogP contribution in [0.15, 0.2) is 0 Å². The third kappa shape index (κ3) is 12.3. The second kappa shape index (κ2) is 24.3. The van der Waals surface area contributed by atoms with Crippen molar-refractivity contribution < 1.29 is 163 Å². The highest BCUT2D eigenvalue weighted by Gasteiger charge is 2.57. The van der Waals surface area contributed by atoms with Gasteiger partial charge in [0.05, 0.1) is 38.6 Å². The van der Waals surface area contributed by atoms with E-state index in [9.17, 15) is 111 Å². The fourth-order valence-electron chi connectivity index (χ4n) is 8.47. The normalized spacial score (nSPS) is 47.7. The lowest BCUT2D eigenvalue weighted by Gasteiger charge is -2.48. The van der Waals surface area contributed by atoms with E-state index in [1.807, 2.05) is 0 Å². The summed E-state index contributed by atoms with van der Waals surface area (Å²) in [4.78, 5) is 48.9. The Kier molecular flexibility index (Phi) is 19.6. The molecule has 6 saturated heterocycles. The van der Waals surface area contributed by atoms with Crippen molar-refractivity contribution in [1.82, 2.24) is 0 Å². The summed E-state index contributed by atoms with van der Waals surface area (Å²) in [6.07, 6.45) is -60.7. The van der Waals surface area contributed by atoms with Crippen LogP contribution in [-0.2, 0) is 71.3 Å². The Morgan fingerprint density at radius 1 is 0.493 bits per heavy atom. The lowest BCUT2D eigenvalue weighted by atomic mass is 9.96. The van der Waals surface area contributed by atoms with Gasteiger partial charge in [-0.3, -0.25) is 9.59 Å². The van der Waals surface area contributed by atoms with Crippen molar-refractivity contribution in [2.24, 2.45) is 0 Å². The zero-order valence-electron chi connectivity index (χ0n) is 36.6. The quantitative estimate of drug-likeness (QED) is 0.0606. The van der Waals surface area contributed by atoms with Gasteiger partial charge >= 0.3 is 11.9 Å². The number of ketones is 2. The molecule has 0 aliphatic carbocycles. The van der Waals surface area contributed by atoms with Crippen LogP contribution in [0.25, 0.3) is 0 Å². The molecule has 0 aromatic heterocycles. The van der Waals surface area contributed by atoms with Crippen LogP contribution in [0.2, 0.25) is 0 Å². The number of Topliss-reactive ketones (excluding diaryl/α,β-unsaturated/α-hetero) is 2. The third-order valence-corrected chi connectivity index (χ3v) is 12.5. The highest BCUT2D eigenvalue weighted by atomic mass is 16.8. The SMILES string of the molecule is O=C(O)C(O)[C@H]1O[C@@H](O[C@H]2[C@@H](O[C@H]3[C@H](OC[C@H]4O[C@H](OC(C(=O)O)[C@H]5O[C@@H](O)C(=O)C[C@@H]5O)[C@H](O)[C@@H](O[C@@H]5O[C@H](CO)[C@@H](O)[C@H](O)[C@H]5O)[C@@H]4O)O[C@H](CO)[C@@H](O)[C@@H]3O)O[C@H](CO)[C@@H](O)[C@@H]2O)C(=O)C[C@@H]1O. The topological polar surface area (TPSA) is 534 Å². The summed E-state index contributed by atoms with van der Waals surface area (Å²) in [7, 11) is 0. The monoisotopic (exact) mass is 1040 g/mol. The molecule has 28 atom stereocenters. The van der Waals surface area contributed by atoms with Crippen LogP contribution in [0.3, 0.4) is 0 Å². The number of ether oxygens (including phenoxy) is 11. The molecule has 6 heterocycles. The molecule has 71 heavy (non-hydrogen) atoms. The lowest BCUT2D eigenvalue weighted by molar-refractivity contribution is -0.388. The minimum Gasteiger partial charge on any atom is -0.479 e. The highest BCUT2D eigenvalue weighted by Crippen LogP contribution is 2.36. The summed E-state index contributed by atoms with van der Waals surface area (Å²) < 4.78 is 60.8. The molecule has 0 amide bonds. The van der Waals surface area contributed by atoms with Gasteiger partial charge in [-0.25, -0.2) is 9.59 Å². The molecule has 2 unspecified atom stereocenters. The van der Waals surface area contributed by atoms with Gasteiger partial charge in [0.2, 0.25) is 12.6 Å². The number of carboxylic acid groups (broad SMARTS) is 2. The van der Waals surface area contributed by atoms with Gasteiger partial charge in [0.1, 0.15) is 110 Å². The Balaban J connectivity index is 1.28. The first kappa shape index (κ1) is 57.5. The third-order valence-electron chi connectivity index (χ3n) is 12.5. The zero-order valence-corrected chi connectivity index (χ0v) is 36.6. The van der Waals surface area contributed by atoms with Crippen LogP contribution in [0.1, 0.15) is 12.8 Å². The van der Waals surface area contributed by atoms with Crippen molar-refractivity contribution in [3.63, 3.8) is 0 Å². The number of carbonyl (C=O) groups excluding carboxylic acids is 2. The van der Waals surface area contributed by atoms with E-state index in [-0.39, 0.29) is 0 Å². The van der Waals surface area contributed by atoms with E-state index >= 15 is 0 Å². The standard InChI is InChI=1S/C38H58O33/c39-3-11-15(46)19(50)22(53)35(62-11)68-27-18(49)14(65-36(24(27)55)71-30(32(58)59)26-8(43)1-9(44)33(60)66-26)6-61-37-28(20(51)16(47)12(4-40)63-37)70-38-29(21(52)17(48)13(5-41)64-38)69-34-10(45)2-7(42)25(67-34)23(54)31(56)57/h7-8,11-30,33-43,46-55,60H,1-6H2,(H,56,57)(H,58,59)/t7-,8-,11+,12+,13+,14+,15+,16+,17+,18+,19-,20-,21-,22+,23?,24+,25-,26-,27-,28+,29+,30?,33+,34-,35-,36+,37+,38+/m0/s1. The van der Waals surface area contributed by atoms with Gasteiger partial charge in [0, 0.05) is 12.8 Å². The van der Waals surface area contributed by atoms with Crippen molar-refractivity contribution in [2.45, 2.75) is 185 Å². The Morgan fingerprint density at radius 3 is 1.55 bits per heavy atom. The van der Waals surface area contributed by atoms with Crippen molar-refractivity contribution in [2.75, 3.05) is 26.4 Å². The summed E-state index contributed by atoms with van der Waals surface area (Å²) in [5, 5.41) is 189. The highest BCUT2D eigenvalue weighted by molar-refractivity contribution is 5.84. The number of rotatable bonds is 18. The van der Waals surface area contributed by atoms with Gasteiger partial charge in [-0.05, 0) is 0 Å². The Hall–Kier alpha value is -2.80. The van der Waals surface area contributed by atoms with Crippen LogP contribution in [0, 0.1) is 0 Å². The van der Waals surface area contributed by atoms with E-state index in [1.165, 1.54) is 0 Å². The molecular formula is C38H58O33. The molecule has 0 aromatic rings. The van der Waals surface area contributed by atoms with Gasteiger partial charge in [0.15, 0.2) is 48.9 Å². The minimum atomic E-state index is -2.42. The molecule has 0 spiro atoms. The maximum Gasteiger partial charge on any atom is 0.335 e. The first-order valence-electron chi connectivity index (χ1n) is 21.8. The maximum absolute atomic E-state index is 12.9. The fourth-order valence-corrected chi connectivity index (χ4v) is 8.47. The summed E-state index contributed by atoms with van der Waals surface area (Å²) in [6.45, 7) is -4.17. The summed E-state index contributed by atoms with van der Waals surface area (Å²) >= 11 is 0. The van der Waals surface area contributed by atoms with E-state index in [0.29, 0.717) is 0 Å². The van der Waals surface area contributed by atoms with E-state index in [0.717, 1.165) is 0 Å². The van der Waals surface area contributed by atoms with E-state index in [2.05, 4.69) is 0 Å². The van der Waals surface area contributed by atoms with Crippen LogP contribution < -0.4 is 0 Å². The van der Waals surface area contributed by atoms with Gasteiger partial charge in [0.25, 0.3) is 0 Å². The van der Waals surface area contributed by atoms with Crippen LogP contribution in [-0.4, -0.2) is 314 Å². The molecule has 6 rings (SSSR count). The van der Waals surface area contributed by atoms with Crippen LogP contribution >= 0.6 is 0 Å². The first-order chi connectivity index (χ1) is 33.4. The predicted octanol–water partition coefficient (Wildman–Crippen LogP) is -12.7. The van der Waals surface area contributed by atoms with Crippen molar-refractivity contribution in [1.29, 1.82) is 0 Å². The zero-order chi connectivity index (χ0) is 52.5. The molecule has 33 heteroatoms. The molecule has 18 N–H and O–H groups in total. The average molecular weight is 1040 g/mol. The van der Waals surface area contributed by atoms with Gasteiger partial charge in [-0.15, -0.1) is 0 Å². The second-order valence-corrected chi connectivity index (χ2v) is 17.3. The summed E-state index contributed by atoms with van der Waals surface area (Å²) in [5.41, 5.74) is 0. The van der Waals surface area contributed by atoms with E-state index in [1.54, 1.807) is 0 Å². The minimum absolute atomic E-state index is 0.835. The van der Waals surface area contributed by atoms with Crippen LogP contribution in [0.4, 0.5) is 0 Å². The predicted molar refractivity (Wildman–Crippen MR) is 207 cm³/mol.